The SMILES string of the molecule is Cc1c(N)cc(Br)cc1C(=O)OCCN1CCCC1. The first-order chi connectivity index (χ1) is 9.08. The molecule has 1 fully saturated rings. The molecule has 1 aromatic carbocycles. The normalized spacial score (nSPS) is 15.7. The van der Waals surface area contributed by atoms with Gasteiger partial charge in [-0.25, -0.2) is 4.79 Å². The molecule has 0 saturated carbocycles. The fraction of sp³-hybridized carbons (Fsp3) is 0.500. The zero-order chi connectivity index (χ0) is 13.8. The molecule has 0 aromatic heterocycles. The minimum Gasteiger partial charge on any atom is -0.461 e. The standard InChI is InChI=1S/C14H19BrN2O2/c1-10-12(8-11(15)9-13(10)16)14(18)19-7-6-17-4-2-3-5-17/h8-9H,2-7,16H2,1H3. The van der Waals surface area contributed by atoms with Gasteiger partial charge in [0.1, 0.15) is 6.61 Å². The quantitative estimate of drug-likeness (QED) is 0.682. The molecule has 0 bridgehead atoms. The van der Waals surface area contributed by atoms with Crippen molar-refractivity contribution < 1.29 is 9.53 Å². The second-order valence-corrected chi connectivity index (χ2v) is 5.77. The van der Waals surface area contributed by atoms with Crippen molar-refractivity contribution in [3.8, 4) is 0 Å². The zero-order valence-electron chi connectivity index (χ0n) is 11.1. The summed E-state index contributed by atoms with van der Waals surface area (Å²) in [5.41, 5.74) is 7.75. The number of halogens is 1. The van der Waals surface area contributed by atoms with E-state index in [1.807, 2.05) is 6.92 Å². The molecule has 0 aliphatic carbocycles. The summed E-state index contributed by atoms with van der Waals surface area (Å²) < 4.78 is 6.12. The van der Waals surface area contributed by atoms with Crippen LogP contribution < -0.4 is 5.73 Å². The average Bonchev–Trinajstić information content (AvgIpc) is 2.86. The number of rotatable bonds is 4. The van der Waals surface area contributed by atoms with Crippen molar-refractivity contribution in [3.63, 3.8) is 0 Å². The number of likely N-dealkylation sites (tertiary alicyclic amines) is 1. The summed E-state index contributed by atoms with van der Waals surface area (Å²) in [4.78, 5) is 14.3. The predicted molar refractivity (Wildman–Crippen MR) is 79.2 cm³/mol. The van der Waals surface area contributed by atoms with E-state index < -0.39 is 0 Å². The molecule has 2 rings (SSSR count). The van der Waals surface area contributed by atoms with Gasteiger partial charge in [0.2, 0.25) is 0 Å². The number of nitrogens with zero attached hydrogens (tertiary/aromatic N) is 1. The summed E-state index contributed by atoms with van der Waals surface area (Å²) in [5, 5.41) is 0. The van der Waals surface area contributed by atoms with Crippen molar-refractivity contribution >= 4 is 27.6 Å². The Morgan fingerprint density at radius 1 is 1.42 bits per heavy atom. The molecule has 1 aliphatic heterocycles. The van der Waals surface area contributed by atoms with Crippen LogP contribution in [0.25, 0.3) is 0 Å². The molecule has 0 unspecified atom stereocenters. The molecule has 1 saturated heterocycles. The summed E-state index contributed by atoms with van der Waals surface area (Å²) in [6, 6.07) is 3.54. The highest BCUT2D eigenvalue weighted by Crippen LogP contribution is 2.23. The Hall–Kier alpha value is -1.07. The highest BCUT2D eigenvalue weighted by atomic mass is 79.9. The molecule has 5 heteroatoms. The van der Waals surface area contributed by atoms with E-state index in [1.54, 1.807) is 12.1 Å². The smallest absolute Gasteiger partial charge is 0.338 e. The Morgan fingerprint density at radius 2 is 2.11 bits per heavy atom. The van der Waals surface area contributed by atoms with E-state index in [0.29, 0.717) is 17.9 Å². The molecule has 1 aromatic rings. The van der Waals surface area contributed by atoms with Gasteiger partial charge in [-0.1, -0.05) is 15.9 Å². The van der Waals surface area contributed by atoms with Gasteiger partial charge in [0.15, 0.2) is 0 Å². The van der Waals surface area contributed by atoms with Gasteiger partial charge in [-0.05, 0) is 50.6 Å². The van der Waals surface area contributed by atoms with E-state index in [9.17, 15) is 4.79 Å². The maximum Gasteiger partial charge on any atom is 0.338 e. The van der Waals surface area contributed by atoms with Crippen LogP contribution in [0.15, 0.2) is 16.6 Å². The van der Waals surface area contributed by atoms with Gasteiger partial charge in [0.05, 0.1) is 5.56 Å². The maximum absolute atomic E-state index is 12.0. The fourth-order valence-electron chi connectivity index (χ4n) is 2.26. The Morgan fingerprint density at radius 3 is 2.79 bits per heavy atom. The van der Waals surface area contributed by atoms with Crippen LogP contribution in [0.2, 0.25) is 0 Å². The van der Waals surface area contributed by atoms with E-state index in [-0.39, 0.29) is 5.97 Å². The number of ether oxygens (including phenoxy) is 1. The Bertz CT molecular complexity index is 471. The van der Waals surface area contributed by atoms with Crippen molar-refractivity contribution in [1.29, 1.82) is 0 Å². The molecular weight excluding hydrogens is 308 g/mol. The second-order valence-electron chi connectivity index (χ2n) is 4.85. The number of nitrogen functional groups attached to an aromatic ring is 1. The van der Waals surface area contributed by atoms with Gasteiger partial charge in [0, 0.05) is 16.7 Å². The number of benzene rings is 1. The highest BCUT2D eigenvalue weighted by Gasteiger charge is 2.15. The van der Waals surface area contributed by atoms with E-state index in [0.717, 1.165) is 29.7 Å². The number of anilines is 1. The Kier molecular flexibility index (Phi) is 4.82. The van der Waals surface area contributed by atoms with Crippen LogP contribution >= 0.6 is 15.9 Å². The van der Waals surface area contributed by atoms with Crippen molar-refractivity contribution in [2.75, 3.05) is 32.0 Å². The number of nitrogens with two attached hydrogens (primary N) is 1. The van der Waals surface area contributed by atoms with Crippen LogP contribution in [0.5, 0.6) is 0 Å². The first-order valence-electron chi connectivity index (χ1n) is 6.53. The lowest BCUT2D eigenvalue weighted by Gasteiger charge is -2.15. The molecule has 0 amide bonds. The van der Waals surface area contributed by atoms with E-state index in [4.69, 9.17) is 10.5 Å². The molecule has 104 valence electrons. The average molecular weight is 327 g/mol. The third-order valence-electron chi connectivity index (χ3n) is 3.47. The summed E-state index contributed by atoms with van der Waals surface area (Å²) in [5.74, 6) is -0.301. The minimum atomic E-state index is -0.301. The minimum absolute atomic E-state index is 0.301. The highest BCUT2D eigenvalue weighted by molar-refractivity contribution is 9.10. The van der Waals surface area contributed by atoms with Crippen LogP contribution in [-0.2, 0) is 4.74 Å². The summed E-state index contributed by atoms with van der Waals surface area (Å²) >= 11 is 3.34. The summed E-state index contributed by atoms with van der Waals surface area (Å²) in [6.45, 7) is 5.30. The van der Waals surface area contributed by atoms with Gasteiger partial charge in [-0.2, -0.15) is 0 Å². The van der Waals surface area contributed by atoms with Crippen LogP contribution in [0.4, 0.5) is 5.69 Å². The predicted octanol–water partition coefficient (Wildman–Crippen LogP) is 2.59. The first-order valence-corrected chi connectivity index (χ1v) is 7.32. The van der Waals surface area contributed by atoms with Crippen molar-refractivity contribution in [2.24, 2.45) is 0 Å². The fourth-order valence-corrected chi connectivity index (χ4v) is 2.74. The van der Waals surface area contributed by atoms with Gasteiger partial charge in [-0.3, -0.25) is 4.90 Å². The van der Waals surface area contributed by atoms with E-state index in [2.05, 4.69) is 20.8 Å². The molecule has 0 atom stereocenters. The second kappa shape index (κ2) is 6.39. The van der Waals surface area contributed by atoms with Crippen molar-refractivity contribution in [1.82, 2.24) is 4.90 Å². The van der Waals surface area contributed by atoms with Gasteiger partial charge in [0.25, 0.3) is 0 Å². The van der Waals surface area contributed by atoms with E-state index >= 15 is 0 Å². The molecule has 4 nitrogen and oxygen atoms in total. The number of carbonyl (C=O) groups excluding carboxylic acids is 1. The van der Waals surface area contributed by atoms with E-state index in [1.165, 1.54) is 12.8 Å². The topological polar surface area (TPSA) is 55.6 Å². The molecule has 1 aliphatic rings. The van der Waals surface area contributed by atoms with Crippen molar-refractivity contribution in [2.45, 2.75) is 19.8 Å². The number of esters is 1. The third kappa shape index (κ3) is 3.70. The first kappa shape index (κ1) is 14.3. The summed E-state index contributed by atoms with van der Waals surface area (Å²) in [6.07, 6.45) is 2.49. The lowest BCUT2D eigenvalue weighted by molar-refractivity contribution is 0.0471. The number of hydrogen-bond acceptors (Lipinski definition) is 4. The van der Waals surface area contributed by atoms with Crippen LogP contribution in [-0.4, -0.2) is 37.1 Å². The van der Waals surface area contributed by atoms with Crippen LogP contribution in [0.3, 0.4) is 0 Å². The number of hydrogen-bond donors (Lipinski definition) is 1. The largest absolute Gasteiger partial charge is 0.461 e. The molecule has 19 heavy (non-hydrogen) atoms. The Balaban J connectivity index is 1.92. The molecule has 2 N–H and O–H groups in total. The maximum atomic E-state index is 12.0. The Labute approximate surface area is 122 Å². The lowest BCUT2D eigenvalue weighted by atomic mass is 10.1. The lowest BCUT2D eigenvalue weighted by Crippen LogP contribution is -2.25. The zero-order valence-corrected chi connectivity index (χ0v) is 12.7. The van der Waals surface area contributed by atoms with Crippen molar-refractivity contribution in [3.05, 3.63) is 27.7 Å². The van der Waals surface area contributed by atoms with Crippen LogP contribution in [0, 0.1) is 6.92 Å². The molecule has 0 radical (unpaired) electrons. The number of carbonyl (C=O) groups is 1. The summed E-state index contributed by atoms with van der Waals surface area (Å²) in [7, 11) is 0. The van der Waals surface area contributed by atoms with Gasteiger partial charge < -0.3 is 10.5 Å². The molecular formula is C14H19BrN2O2. The monoisotopic (exact) mass is 326 g/mol. The molecule has 1 heterocycles. The molecule has 0 spiro atoms. The van der Waals surface area contributed by atoms with Gasteiger partial charge >= 0.3 is 5.97 Å². The van der Waals surface area contributed by atoms with Crippen LogP contribution in [0.1, 0.15) is 28.8 Å². The third-order valence-corrected chi connectivity index (χ3v) is 3.93. The van der Waals surface area contributed by atoms with Gasteiger partial charge in [-0.15, -0.1) is 0 Å².